The molecule has 20 heavy (non-hydrogen) atoms. The van der Waals surface area contributed by atoms with Crippen LogP contribution in [0.4, 0.5) is 10.1 Å². The first kappa shape index (κ1) is 14.4. The second-order valence-electron chi connectivity index (χ2n) is 4.23. The molecule has 0 amide bonds. The maximum atomic E-state index is 13.4. The lowest BCUT2D eigenvalue weighted by molar-refractivity contribution is -0.385. The standard InChI is InChI=1S/C14H12ClFN2O2/c15-12-6-5-11(14(7-12)18(19)20)9-17-8-10-3-1-2-4-13(10)16/h1-7,17H,8-9H2. The van der Waals surface area contributed by atoms with Gasteiger partial charge in [-0.2, -0.15) is 0 Å². The molecule has 0 aliphatic rings. The van der Waals surface area contributed by atoms with Crippen LogP contribution in [0.1, 0.15) is 11.1 Å². The molecule has 0 bridgehead atoms. The van der Waals surface area contributed by atoms with Crippen LogP contribution in [0.25, 0.3) is 0 Å². The summed E-state index contributed by atoms with van der Waals surface area (Å²) in [4.78, 5) is 10.4. The average Bonchev–Trinajstić information content (AvgIpc) is 2.42. The normalized spacial score (nSPS) is 10.5. The van der Waals surface area contributed by atoms with Crippen LogP contribution in [0.3, 0.4) is 0 Å². The first-order valence-corrected chi connectivity index (χ1v) is 6.32. The fourth-order valence-corrected chi connectivity index (χ4v) is 2.00. The lowest BCUT2D eigenvalue weighted by Gasteiger charge is -2.07. The van der Waals surface area contributed by atoms with Crippen molar-refractivity contribution in [3.8, 4) is 0 Å². The van der Waals surface area contributed by atoms with Crippen molar-refractivity contribution in [3.63, 3.8) is 0 Å². The molecule has 104 valence electrons. The van der Waals surface area contributed by atoms with Gasteiger partial charge in [0.2, 0.25) is 0 Å². The van der Waals surface area contributed by atoms with Crippen LogP contribution >= 0.6 is 11.6 Å². The molecule has 0 spiro atoms. The van der Waals surface area contributed by atoms with E-state index in [2.05, 4.69) is 5.32 Å². The van der Waals surface area contributed by atoms with Crippen molar-refractivity contribution in [2.75, 3.05) is 0 Å². The quantitative estimate of drug-likeness (QED) is 0.676. The molecule has 4 nitrogen and oxygen atoms in total. The molecule has 0 aromatic heterocycles. The van der Waals surface area contributed by atoms with Gasteiger partial charge in [0.15, 0.2) is 0 Å². The number of hydrogen-bond acceptors (Lipinski definition) is 3. The van der Waals surface area contributed by atoms with Crippen molar-refractivity contribution < 1.29 is 9.31 Å². The van der Waals surface area contributed by atoms with Crippen molar-refractivity contribution in [1.29, 1.82) is 0 Å². The van der Waals surface area contributed by atoms with E-state index in [0.29, 0.717) is 22.7 Å². The summed E-state index contributed by atoms with van der Waals surface area (Å²) in [5.74, 6) is -0.300. The van der Waals surface area contributed by atoms with Gasteiger partial charge in [-0.3, -0.25) is 10.1 Å². The highest BCUT2D eigenvalue weighted by molar-refractivity contribution is 6.30. The predicted octanol–water partition coefficient (Wildman–Crippen LogP) is 3.68. The summed E-state index contributed by atoms with van der Waals surface area (Å²) in [5, 5.41) is 14.2. The number of nitrogens with one attached hydrogen (secondary N) is 1. The van der Waals surface area contributed by atoms with Gasteiger partial charge >= 0.3 is 0 Å². The van der Waals surface area contributed by atoms with Crippen molar-refractivity contribution in [3.05, 3.63) is 74.5 Å². The second-order valence-corrected chi connectivity index (χ2v) is 4.66. The number of nitrogens with zero attached hydrogens (tertiary/aromatic N) is 1. The molecule has 0 fully saturated rings. The van der Waals surface area contributed by atoms with E-state index in [0.717, 1.165) is 0 Å². The van der Waals surface area contributed by atoms with E-state index in [4.69, 9.17) is 11.6 Å². The fraction of sp³-hybridized carbons (Fsp3) is 0.143. The third-order valence-corrected chi connectivity index (χ3v) is 3.07. The van der Waals surface area contributed by atoms with Crippen LogP contribution in [0.5, 0.6) is 0 Å². The summed E-state index contributed by atoms with van der Waals surface area (Å²) in [7, 11) is 0. The highest BCUT2D eigenvalue weighted by atomic mass is 35.5. The van der Waals surface area contributed by atoms with Gasteiger partial charge in [0, 0.05) is 35.3 Å². The first-order valence-electron chi connectivity index (χ1n) is 5.95. The molecule has 0 aliphatic carbocycles. The van der Waals surface area contributed by atoms with Gasteiger partial charge in [0.05, 0.1) is 4.92 Å². The Bertz CT molecular complexity index is 634. The molecule has 0 unspecified atom stereocenters. The van der Waals surface area contributed by atoms with Crippen LogP contribution in [0.15, 0.2) is 42.5 Å². The smallest absolute Gasteiger partial charge is 0.275 e. The zero-order valence-corrected chi connectivity index (χ0v) is 11.2. The number of rotatable bonds is 5. The Morgan fingerprint density at radius 3 is 2.55 bits per heavy atom. The van der Waals surface area contributed by atoms with Crippen molar-refractivity contribution >= 4 is 17.3 Å². The SMILES string of the molecule is O=[N+]([O-])c1cc(Cl)ccc1CNCc1ccccc1F. The minimum atomic E-state index is -0.480. The highest BCUT2D eigenvalue weighted by Gasteiger charge is 2.13. The molecule has 2 aromatic carbocycles. The van der Waals surface area contributed by atoms with Crippen LogP contribution in [0, 0.1) is 15.9 Å². The Hall–Kier alpha value is -1.98. The van der Waals surface area contributed by atoms with E-state index in [1.165, 1.54) is 12.1 Å². The molecule has 0 radical (unpaired) electrons. The maximum Gasteiger partial charge on any atom is 0.275 e. The van der Waals surface area contributed by atoms with Gasteiger partial charge in [-0.05, 0) is 18.2 Å². The van der Waals surface area contributed by atoms with Crippen LogP contribution in [-0.2, 0) is 13.1 Å². The molecule has 0 atom stereocenters. The zero-order valence-electron chi connectivity index (χ0n) is 10.5. The molecule has 0 saturated heterocycles. The second kappa shape index (κ2) is 6.45. The summed E-state index contributed by atoms with van der Waals surface area (Å²) < 4.78 is 13.4. The molecule has 6 heteroatoms. The summed E-state index contributed by atoms with van der Waals surface area (Å²) in [6.07, 6.45) is 0. The number of nitro groups is 1. The van der Waals surface area contributed by atoms with Crippen LogP contribution in [0.2, 0.25) is 5.02 Å². The van der Waals surface area contributed by atoms with Crippen molar-refractivity contribution in [2.45, 2.75) is 13.1 Å². The lowest BCUT2D eigenvalue weighted by atomic mass is 10.1. The lowest BCUT2D eigenvalue weighted by Crippen LogP contribution is -2.14. The number of benzene rings is 2. The number of hydrogen-bond donors (Lipinski definition) is 1. The third kappa shape index (κ3) is 3.53. The predicted molar refractivity (Wildman–Crippen MR) is 75.1 cm³/mol. The van der Waals surface area contributed by atoms with Crippen LogP contribution in [-0.4, -0.2) is 4.92 Å². The van der Waals surface area contributed by atoms with E-state index in [9.17, 15) is 14.5 Å². The highest BCUT2D eigenvalue weighted by Crippen LogP contribution is 2.23. The van der Waals surface area contributed by atoms with E-state index >= 15 is 0 Å². The van der Waals surface area contributed by atoms with Crippen molar-refractivity contribution in [1.82, 2.24) is 5.32 Å². The Morgan fingerprint density at radius 1 is 1.15 bits per heavy atom. The number of halogens is 2. The van der Waals surface area contributed by atoms with Gasteiger partial charge in [0.1, 0.15) is 5.82 Å². The zero-order chi connectivity index (χ0) is 14.5. The molecule has 0 heterocycles. The number of nitro benzene ring substituents is 1. The summed E-state index contributed by atoms with van der Waals surface area (Å²) >= 11 is 5.74. The largest absolute Gasteiger partial charge is 0.308 e. The summed E-state index contributed by atoms with van der Waals surface area (Å²) in [6.45, 7) is 0.564. The monoisotopic (exact) mass is 294 g/mol. The van der Waals surface area contributed by atoms with Gasteiger partial charge in [-0.15, -0.1) is 0 Å². The topological polar surface area (TPSA) is 55.2 Å². The molecule has 0 aliphatic heterocycles. The molecule has 2 aromatic rings. The Morgan fingerprint density at radius 2 is 1.85 bits per heavy atom. The van der Waals surface area contributed by atoms with Gasteiger partial charge in [-0.1, -0.05) is 29.8 Å². The van der Waals surface area contributed by atoms with E-state index in [-0.39, 0.29) is 18.0 Å². The van der Waals surface area contributed by atoms with E-state index < -0.39 is 4.92 Å². The Labute approximate surface area is 120 Å². The Kier molecular flexibility index (Phi) is 4.65. The Balaban J connectivity index is 2.05. The molecule has 0 saturated carbocycles. The van der Waals surface area contributed by atoms with Gasteiger partial charge < -0.3 is 5.32 Å². The maximum absolute atomic E-state index is 13.4. The third-order valence-electron chi connectivity index (χ3n) is 2.83. The van der Waals surface area contributed by atoms with Crippen molar-refractivity contribution in [2.24, 2.45) is 0 Å². The minimum Gasteiger partial charge on any atom is -0.308 e. The molecule has 1 N–H and O–H groups in total. The van der Waals surface area contributed by atoms with Gasteiger partial charge in [-0.25, -0.2) is 4.39 Å². The van der Waals surface area contributed by atoms with E-state index in [1.807, 2.05) is 0 Å². The molecular formula is C14H12ClFN2O2. The average molecular weight is 295 g/mol. The van der Waals surface area contributed by atoms with E-state index in [1.54, 1.807) is 30.3 Å². The minimum absolute atomic E-state index is 0.0430. The van der Waals surface area contributed by atoms with Gasteiger partial charge in [0.25, 0.3) is 5.69 Å². The summed E-state index contributed by atoms with van der Waals surface area (Å²) in [5.41, 5.74) is 0.985. The fourth-order valence-electron chi connectivity index (χ4n) is 1.83. The first-order chi connectivity index (χ1) is 9.58. The summed E-state index contributed by atoms with van der Waals surface area (Å²) in [6, 6.07) is 10.9. The molecular weight excluding hydrogens is 283 g/mol. The molecule has 2 rings (SSSR count). The van der Waals surface area contributed by atoms with Crippen LogP contribution < -0.4 is 5.32 Å².